The van der Waals surface area contributed by atoms with Crippen molar-refractivity contribution in [2.75, 3.05) is 6.54 Å². The van der Waals surface area contributed by atoms with E-state index in [1.165, 1.54) is 6.29 Å². The Morgan fingerprint density at radius 2 is 1.59 bits per heavy atom. The molecule has 10 nitrogen and oxygen atoms in total. The molecular weight excluding hydrogens is 298 g/mol. The Bertz CT molecular complexity index is 438. The van der Waals surface area contributed by atoms with Gasteiger partial charge in [0.25, 0.3) is 0 Å². The Hall–Kier alpha value is -2.49. The lowest BCUT2D eigenvalue weighted by Gasteiger charge is -2.13. The first-order valence-corrected chi connectivity index (χ1v) is 6.40. The Balaban J connectivity index is 4.09. The van der Waals surface area contributed by atoms with Crippen LogP contribution in [0.3, 0.4) is 0 Å². The molecule has 123 valence electrons. The third-order valence-electron chi connectivity index (χ3n) is 2.55. The van der Waals surface area contributed by atoms with E-state index in [1.54, 1.807) is 0 Å². The number of carboxylic acid groups (broad SMARTS) is 2. The SMILES string of the molecule is N[C@@H](CCC(=O)O)C(=O)NCC(=O)N[C@H]([C]=O)CCC(=O)O. The molecule has 1 radical (unpaired) electrons. The highest BCUT2D eigenvalue weighted by Crippen LogP contribution is 1.96. The Morgan fingerprint density at radius 1 is 1.05 bits per heavy atom. The summed E-state index contributed by atoms with van der Waals surface area (Å²) in [6, 6.07) is -2.15. The van der Waals surface area contributed by atoms with Gasteiger partial charge >= 0.3 is 11.9 Å². The molecule has 0 aliphatic carbocycles. The number of nitrogens with two attached hydrogens (primary N) is 1. The molecule has 0 unspecified atom stereocenters. The molecule has 0 rings (SSSR count). The van der Waals surface area contributed by atoms with Crippen molar-refractivity contribution >= 4 is 30.0 Å². The van der Waals surface area contributed by atoms with Crippen LogP contribution in [0.2, 0.25) is 0 Å². The van der Waals surface area contributed by atoms with E-state index in [4.69, 9.17) is 15.9 Å². The number of aliphatic carboxylic acids is 2. The van der Waals surface area contributed by atoms with E-state index >= 15 is 0 Å². The molecule has 2 amide bonds. The van der Waals surface area contributed by atoms with Crippen molar-refractivity contribution in [3.63, 3.8) is 0 Å². The molecular formula is C12H18N3O7. The van der Waals surface area contributed by atoms with Gasteiger partial charge in [-0.2, -0.15) is 0 Å². The molecule has 2 atom stereocenters. The largest absolute Gasteiger partial charge is 0.481 e. The second-order valence-corrected chi connectivity index (χ2v) is 4.43. The summed E-state index contributed by atoms with van der Waals surface area (Å²) < 4.78 is 0. The van der Waals surface area contributed by atoms with Gasteiger partial charge < -0.3 is 26.6 Å². The molecule has 0 aliphatic heterocycles. The molecule has 0 aromatic carbocycles. The first kappa shape index (κ1) is 19.5. The zero-order valence-corrected chi connectivity index (χ0v) is 11.7. The van der Waals surface area contributed by atoms with Crippen molar-refractivity contribution in [1.29, 1.82) is 0 Å². The predicted octanol–water partition coefficient (Wildman–Crippen LogP) is -2.25. The van der Waals surface area contributed by atoms with Gasteiger partial charge in [0.2, 0.25) is 18.1 Å². The van der Waals surface area contributed by atoms with Crippen LogP contribution in [-0.4, -0.2) is 58.9 Å². The van der Waals surface area contributed by atoms with E-state index in [1.807, 2.05) is 0 Å². The van der Waals surface area contributed by atoms with E-state index in [9.17, 15) is 24.0 Å². The molecule has 0 heterocycles. The van der Waals surface area contributed by atoms with Crippen molar-refractivity contribution in [2.24, 2.45) is 5.73 Å². The number of carbonyl (C=O) groups is 4. The molecule has 0 bridgehead atoms. The maximum atomic E-state index is 11.5. The average molecular weight is 316 g/mol. The lowest BCUT2D eigenvalue weighted by Crippen LogP contribution is -2.47. The summed E-state index contributed by atoms with van der Waals surface area (Å²) in [4.78, 5) is 54.2. The van der Waals surface area contributed by atoms with Gasteiger partial charge in [-0.15, -0.1) is 0 Å². The topological polar surface area (TPSA) is 176 Å². The molecule has 0 spiro atoms. The minimum Gasteiger partial charge on any atom is -0.481 e. The number of amides is 2. The lowest BCUT2D eigenvalue weighted by atomic mass is 10.1. The minimum atomic E-state index is -1.12. The number of carbonyl (C=O) groups excluding carboxylic acids is 3. The molecule has 0 aromatic heterocycles. The maximum absolute atomic E-state index is 11.5. The van der Waals surface area contributed by atoms with Crippen LogP contribution in [0.1, 0.15) is 25.7 Å². The van der Waals surface area contributed by atoms with Crippen LogP contribution in [0.4, 0.5) is 0 Å². The van der Waals surface area contributed by atoms with Gasteiger partial charge in [0.05, 0.1) is 18.6 Å². The lowest BCUT2D eigenvalue weighted by molar-refractivity contribution is -0.138. The normalized spacial score (nSPS) is 12.8. The van der Waals surface area contributed by atoms with Crippen molar-refractivity contribution in [1.82, 2.24) is 10.6 Å². The monoisotopic (exact) mass is 316 g/mol. The van der Waals surface area contributed by atoms with Gasteiger partial charge in [-0.25, -0.2) is 0 Å². The summed E-state index contributed by atoms with van der Waals surface area (Å²) in [6.07, 6.45) is 0.699. The first-order chi connectivity index (χ1) is 10.3. The number of hydrogen-bond donors (Lipinski definition) is 5. The molecule has 0 aromatic rings. The van der Waals surface area contributed by atoms with Crippen LogP contribution in [0.15, 0.2) is 0 Å². The standard InChI is InChI=1S/C12H18N3O7/c13-8(2-4-11(20)21)12(22)14-5-9(17)15-7(6-16)1-3-10(18)19/h7-8H,1-5,13H2,(H,14,22)(H,15,17)(H,18,19)(H,20,21)/t7-,8-/m0/s1. The molecule has 10 heteroatoms. The van der Waals surface area contributed by atoms with Crippen LogP contribution in [0.5, 0.6) is 0 Å². The predicted molar refractivity (Wildman–Crippen MR) is 72.3 cm³/mol. The third-order valence-corrected chi connectivity index (χ3v) is 2.55. The van der Waals surface area contributed by atoms with Crippen molar-refractivity contribution in [3.8, 4) is 0 Å². The summed E-state index contributed by atoms with van der Waals surface area (Å²) in [7, 11) is 0. The fraction of sp³-hybridized carbons (Fsp3) is 0.583. The van der Waals surface area contributed by atoms with Crippen LogP contribution in [0, 0.1) is 0 Å². The fourth-order valence-corrected chi connectivity index (χ4v) is 1.38. The summed E-state index contributed by atoms with van der Waals surface area (Å²) >= 11 is 0. The summed E-state index contributed by atoms with van der Waals surface area (Å²) in [5, 5.41) is 21.3. The van der Waals surface area contributed by atoms with E-state index in [0.29, 0.717) is 0 Å². The van der Waals surface area contributed by atoms with Crippen LogP contribution < -0.4 is 16.4 Å². The maximum Gasteiger partial charge on any atom is 0.303 e. The van der Waals surface area contributed by atoms with Crippen molar-refractivity contribution in [2.45, 2.75) is 37.8 Å². The smallest absolute Gasteiger partial charge is 0.303 e. The Labute approximate surface area is 126 Å². The molecule has 0 saturated heterocycles. The van der Waals surface area contributed by atoms with Gasteiger partial charge in [-0.1, -0.05) is 0 Å². The van der Waals surface area contributed by atoms with Gasteiger partial charge in [0.15, 0.2) is 0 Å². The quantitative estimate of drug-likeness (QED) is 0.284. The molecule has 22 heavy (non-hydrogen) atoms. The van der Waals surface area contributed by atoms with Crippen molar-refractivity contribution < 1.29 is 34.2 Å². The molecule has 0 fully saturated rings. The molecule has 0 aliphatic rings. The third kappa shape index (κ3) is 9.42. The Kier molecular flexibility index (Phi) is 9.11. The number of rotatable bonds is 11. The fourth-order valence-electron chi connectivity index (χ4n) is 1.38. The average Bonchev–Trinajstić information content (AvgIpc) is 2.46. The zero-order valence-electron chi connectivity index (χ0n) is 11.7. The van der Waals surface area contributed by atoms with Gasteiger partial charge in [0, 0.05) is 12.8 Å². The zero-order chi connectivity index (χ0) is 17.1. The summed E-state index contributed by atoms with van der Waals surface area (Å²) in [6.45, 7) is -0.467. The molecule has 6 N–H and O–H groups in total. The second kappa shape index (κ2) is 10.3. The number of carboxylic acids is 2. The molecule has 0 saturated carbocycles. The second-order valence-electron chi connectivity index (χ2n) is 4.43. The highest BCUT2D eigenvalue weighted by Gasteiger charge is 2.17. The van der Waals surface area contributed by atoms with Gasteiger partial charge in [-0.3, -0.25) is 24.0 Å². The Morgan fingerprint density at radius 3 is 2.09 bits per heavy atom. The van der Waals surface area contributed by atoms with Gasteiger partial charge in [-0.05, 0) is 12.8 Å². The summed E-state index contributed by atoms with van der Waals surface area (Å²) in [5.74, 6) is -3.62. The number of hydrogen-bond acceptors (Lipinski definition) is 6. The van der Waals surface area contributed by atoms with E-state index in [2.05, 4.69) is 10.6 Å². The van der Waals surface area contributed by atoms with Crippen LogP contribution >= 0.6 is 0 Å². The highest BCUT2D eigenvalue weighted by molar-refractivity contribution is 5.88. The van der Waals surface area contributed by atoms with Crippen LogP contribution in [0.25, 0.3) is 0 Å². The highest BCUT2D eigenvalue weighted by atomic mass is 16.4. The first-order valence-electron chi connectivity index (χ1n) is 6.40. The van der Waals surface area contributed by atoms with E-state index in [0.717, 1.165) is 0 Å². The van der Waals surface area contributed by atoms with E-state index in [-0.39, 0.29) is 25.7 Å². The van der Waals surface area contributed by atoms with Gasteiger partial charge in [0.1, 0.15) is 0 Å². The van der Waals surface area contributed by atoms with Crippen LogP contribution in [-0.2, 0) is 24.0 Å². The minimum absolute atomic E-state index is 0.0772. The summed E-state index contributed by atoms with van der Waals surface area (Å²) in [5.41, 5.74) is 5.43. The van der Waals surface area contributed by atoms with Crippen molar-refractivity contribution in [3.05, 3.63) is 0 Å². The van der Waals surface area contributed by atoms with E-state index < -0.39 is 42.4 Å². The number of nitrogens with one attached hydrogen (secondary N) is 2.